The number of nitrogens with one attached hydrogen (secondary N) is 1. The van der Waals surface area contributed by atoms with Crippen molar-refractivity contribution < 1.29 is 9.59 Å². The van der Waals surface area contributed by atoms with Crippen molar-refractivity contribution in [3.05, 3.63) is 89.5 Å². The first-order valence-electron chi connectivity index (χ1n) is 10.3. The van der Waals surface area contributed by atoms with Crippen LogP contribution >= 0.6 is 0 Å². The first kappa shape index (κ1) is 19.1. The number of carbonyl (C=O) groups excluding carboxylic acids is 2. The molecular formula is C26H25NO2. The molecule has 0 radical (unpaired) electrons. The lowest BCUT2D eigenvalue weighted by molar-refractivity contribution is 0.0855. The van der Waals surface area contributed by atoms with Crippen LogP contribution in [0.2, 0.25) is 0 Å². The molecule has 0 saturated heterocycles. The van der Waals surface area contributed by atoms with Crippen LogP contribution in [-0.2, 0) is 6.42 Å². The Morgan fingerprint density at radius 3 is 1.86 bits per heavy atom. The van der Waals surface area contributed by atoms with Gasteiger partial charge in [-0.05, 0) is 60.2 Å². The van der Waals surface area contributed by atoms with Crippen LogP contribution < -0.4 is 5.32 Å². The number of amides is 1. The van der Waals surface area contributed by atoms with Gasteiger partial charge < -0.3 is 5.32 Å². The van der Waals surface area contributed by atoms with Crippen LogP contribution in [-0.4, -0.2) is 11.7 Å². The zero-order valence-electron chi connectivity index (χ0n) is 16.7. The first-order valence-corrected chi connectivity index (χ1v) is 10.3. The fourth-order valence-corrected chi connectivity index (χ4v) is 3.57. The zero-order chi connectivity index (χ0) is 20.2. The molecule has 0 bridgehead atoms. The summed E-state index contributed by atoms with van der Waals surface area (Å²) in [6.07, 6.45) is 4.17. The third-order valence-corrected chi connectivity index (χ3v) is 5.75. The fraction of sp³-hybridized carbons (Fsp3) is 0.231. The predicted molar refractivity (Wildman–Crippen MR) is 117 cm³/mol. The number of rotatable bonds is 6. The molecule has 1 saturated carbocycles. The Hall–Kier alpha value is -3.20. The molecule has 29 heavy (non-hydrogen) atoms. The molecule has 0 atom stereocenters. The maximum absolute atomic E-state index is 12.4. The molecule has 0 heterocycles. The SMILES string of the molecule is CCc1ccc(C(=O)Nc2ccc(-c3ccc(C(=O)C4CCC4)cc3)cc2)cc1. The molecule has 4 rings (SSSR count). The predicted octanol–water partition coefficient (Wildman–Crippen LogP) is 6.15. The number of carbonyl (C=O) groups is 2. The van der Waals surface area contributed by atoms with E-state index in [1.54, 1.807) is 0 Å². The van der Waals surface area contributed by atoms with Gasteiger partial charge in [0.2, 0.25) is 0 Å². The van der Waals surface area contributed by atoms with Crippen molar-refractivity contribution >= 4 is 17.4 Å². The van der Waals surface area contributed by atoms with Gasteiger partial charge in [0, 0.05) is 22.7 Å². The van der Waals surface area contributed by atoms with Crippen molar-refractivity contribution in [1.82, 2.24) is 0 Å². The Bertz CT molecular complexity index is 998. The highest BCUT2D eigenvalue weighted by Gasteiger charge is 2.25. The highest BCUT2D eigenvalue weighted by Crippen LogP contribution is 2.30. The van der Waals surface area contributed by atoms with Gasteiger partial charge in [-0.2, -0.15) is 0 Å². The molecular weight excluding hydrogens is 358 g/mol. The van der Waals surface area contributed by atoms with Crippen LogP contribution in [0.3, 0.4) is 0 Å². The monoisotopic (exact) mass is 383 g/mol. The minimum atomic E-state index is -0.112. The number of hydrogen-bond donors (Lipinski definition) is 1. The van der Waals surface area contributed by atoms with E-state index >= 15 is 0 Å². The van der Waals surface area contributed by atoms with Gasteiger partial charge in [-0.3, -0.25) is 9.59 Å². The number of Topliss-reactive ketones (excluding diaryl/α,β-unsaturated/α-hetero) is 1. The Morgan fingerprint density at radius 2 is 1.34 bits per heavy atom. The number of hydrogen-bond acceptors (Lipinski definition) is 2. The van der Waals surface area contributed by atoms with Gasteiger partial charge in [0.25, 0.3) is 5.91 Å². The Morgan fingerprint density at radius 1 is 0.793 bits per heavy atom. The van der Waals surface area contributed by atoms with Gasteiger partial charge in [0.05, 0.1) is 0 Å². The van der Waals surface area contributed by atoms with Crippen molar-refractivity contribution in [3.8, 4) is 11.1 Å². The highest BCUT2D eigenvalue weighted by atomic mass is 16.1. The third kappa shape index (κ3) is 4.29. The molecule has 0 aromatic heterocycles. The summed E-state index contributed by atoms with van der Waals surface area (Å²) < 4.78 is 0. The highest BCUT2D eigenvalue weighted by molar-refractivity contribution is 6.04. The molecule has 0 spiro atoms. The number of aryl methyl sites for hydroxylation is 1. The molecule has 0 aliphatic heterocycles. The molecule has 3 aromatic carbocycles. The average molecular weight is 383 g/mol. The van der Waals surface area contributed by atoms with Crippen molar-refractivity contribution in [2.75, 3.05) is 5.32 Å². The molecule has 3 aromatic rings. The summed E-state index contributed by atoms with van der Waals surface area (Å²) in [5.74, 6) is 0.383. The van der Waals surface area contributed by atoms with Crippen molar-refractivity contribution in [1.29, 1.82) is 0 Å². The summed E-state index contributed by atoms with van der Waals surface area (Å²) in [4.78, 5) is 24.7. The van der Waals surface area contributed by atoms with Gasteiger partial charge in [0.1, 0.15) is 0 Å². The van der Waals surface area contributed by atoms with Crippen LogP contribution in [0.1, 0.15) is 52.5 Å². The first-order chi connectivity index (χ1) is 14.1. The normalized spacial score (nSPS) is 13.6. The number of anilines is 1. The van der Waals surface area contributed by atoms with Crippen LogP contribution in [0.25, 0.3) is 11.1 Å². The largest absolute Gasteiger partial charge is 0.322 e. The Kier molecular flexibility index (Phi) is 5.57. The molecule has 1 fully saturated rings. The standard InChI is InChI=1S/C26H25NO2/c1-2-18-6-8-23(9-7-18)26(29)27-24-16-14-20(15-17-24)19-10-12-22(13-11-19)25(28)21-4-3-5-21/h6-17,21H,2-5H2,1H3,(H,27,29). The van der Waals surface area contributed by atoms with Gasteiger partial charge in [-0.1, -0.05) is 61.9 Å². The van der Waals surface area contributed by atoms with E-state index in [1.165, 1.54) is 12.0 Å². The van der Waals surface area contributed by atoms with Gasteiger partial charge >= 0.3 is 0 Å². The molecule has 1 aliphatic carbocycles. The molecule has 3 heteroatoms. The van der Waals surface area contributed by atoms with Crippen molar-refractivity contribution in [2.45, 2.75) is 32.6 Å². The fourth-order valence-electron chi connectivity index (χ4n) is 3.57. The summed E-state index contributed by atoms with van der Waals surface area (Å²) in [6.45, 7) is 2.09. The molecule has 1 N–H and O–H groups in total. The topological polar surface area (TPSA) is 46.2 Å². The van der Waals surface area contributed by atoms with Crippen molar-refractivity contribution in [3.63, 3.8) is 0 Å². The second-order valence-corrected chi connectivity index (χ2v) is 7.65. The number of ketones is 1. The van der Waals surface area contributed by atoms with E-state index < -0.39 is 0 Å². The van der Waals surface area contributed by atoms with E-state index in [0.717, 1.165) is 41.6 Å². The molecule has 0 unspecified atom stereocenters. The average Bonchev–Trinajstić information content (AvgIpc) is 2.73. The lowest BCUT2D eigenvalue weighted by Gasteiger charge is -2.23. The van der Waals surface area contributed by atoms with E-state index in [9.17, 15) is 9.59 Å². The molecule has 3 nitrogen and oxygen atoms in total. The van der Waals surface area contributed by atoms with Crippen LogP contribution in [0.5, 0.6) is 0 Å². The lowest BCUT2D eigenvalue weighted by Crippen LogP contribution is -2.21. The minimum Gasteiger partial charge on any atom is -0.322 e. The van der Waals surface area contributed by atoms with E-state index in [-0.39, 0.29) is 17.6 Å². The summed E-state index contributed by atoms with van der Waals surface area (Å²) >= 11 is 0. The van der Waals surface area contributed by atoms with Crippen LogP contribution in [0.15, 0.2) is 72.8 Å². The lowest BCUT2D eigenvalue weighted by atomic mass is 9.80. The van der Waals surface area contributed by atoms with E-state index in [4.69, 9.17) is 0 Å². The quantitative estimate of drug-likeness (QED) is 0.519. The molecule has 146 valence electrons. The third-order valence-electron chi connectivity index (χ3n) is 5.75. The van der Waals surface area contributed by atoms with Crippen LogP contribution in [0.4, 0.5) is 5.69 Å². The smallest absolute Gasteiger partial charge is 0.255 e. The molecule has 1 aliphatic rings. The number of benzene rings is 3. The van der Waals surface area contributed by atoms with Gasteiger partial charge in [0.15, 0.2) is 5.78 Å². The minimum absolute atomic E-state index is 0.112. The maximum atomic E-state index is 12.4. The summed E-state index contributed by atoms with van der Waals surface area (Å²) in [5, 5.41) is 2.94. The Labute approximate surface area is 171 Å². The Balaban J connectivity index is 1.41. The molecule has 1 amide bonds. The summed E-state index contributed by atoms with van der Waals surface area (Å²) in [7, 11) is 0. The summed E-state index contributed by atoms with van der Waals surface area (Å²) in [6, 6.07) is 23.3. The summed E-state index contributed by atoms with van der Waals surface area (Å²) in [5.41, 5.74) is 5.54. The maximum Gasteiger partial charge on any atom is 0.255 e. The zero-order valence-corrected chi connectivity index (χ0v) is 16.7. The van der Waals surface area contributed by atoms with E-state index in [1.807, 2.05) is 72.8 Å². The van der Waals surface area contributed by atoms with Crippen molar-refractivity contribution in [2.24, 2.45) is 5.92 Å². The van der Waals surface area contributed by atoms with Crippen LogP contribution in [0, 0.1) is 5.92 Å². The van der Waals surface area contributed by atoms with E-state index in [0.29, 0.717) is 5.56 Å². The second-order valence-electron chi connectivity index (χ2n) is 7.65. The van der Waals surface area contributed by atoms with E-state index in [2.05, 4.69) is 12.2 Å². The second kappa shape index (κ2) is 8.44. The van der Waals surface area contributed by atoms with Gasteiger partial charge in [-0.25, -0.2) is 0 Å². The van der Waals surface area contributed by atoms with Gasteiger partial charge in [-0.15, -0.1) is 0 Å².